The fraction of sp³-hybridized carbons (Fsp3) is 0.435. The average Bonchev–Trinajstić information content (AvgIpc) is 3.16. The van der Waals surface area contributed by atoms with Crippen LogP contribution in [0.25, 0.3) is 16.6 Å². The van der Waals surface area contributed by atoms with E-state index in [4.69, 9.17) is 19.7 Å². The Morgan fingerprint density at radius 1 is 1.23 bits per heavy atom. The number of methoxy groups -OCH3 is 1. The van der Waals surface area contributed by atoms with Gasteiger partial charge in [0.15, 0.2) is 0 Å². The van der Waals surface area contributed by atoms with Gasteiger partial charge in [-0.05, 0) is 65.4 Å². The Kier molecular flexibility index (Phi) is 8.57. The number of nitrogens with zero attached hydrogens (tertiary/aromatic N) is 3. The van der Waals surface area contributed by atoms with E-state index in [0.717, 1.165) is 50.9 Å². The highest BCUT2D eigenvalue weighted by Crippen LogP contribution is 2.33. The summed E-state index contributed by atoms with van der Waals surface area (Å²) in [6.45, 7) is 3.47. The smallest absolute Gasteiger partial charge is 0.303 e. The van der Waals surface area contributed by atoms with Crippen LogP contribution in [0.2, 0.25) is 0 Å². The van der Waals surface area contributed by atoms with Gasteiger partial charge in [0.1, 0.15) is 0 Å². The number of aromatic nitrogens is 3. The molecule has 3 aromatic heterocycles. The molecule has 0 bridgehead atoms. The molecule has 0 amide bonds. The molecule has 0 unspecified atom stereocenters. The first-order valence-electron chi connectivity index (χ1n) is 10.5. The third-order valence-corrected chi connectivity index (χ3v) is 5.59. The highest BCUT2D eigenvalue weighted by molar-refractivity contribution is 9.10. The molecule has 0 aliphatic rings. The van der Waals surface area contributed by atoms with E-state index >= 15 is 0 Å². The van der Waals surface area contributed by atoms with Gasteiger partial charge in [-0.25, -0.2) is 4.52 Å². The maximum atomic E-state index is 11.0. The molecular formula is C23H28BrN3O4. The number of unbranched alkanes of at least 4 members (excludes halogenated alkanes) is 1. The highest BCUT2D eigenvalue weighted by Gasteiger charge is 2.19. The van der Waals surface area contributed by atoms with E-state index in [1.807, 2.05) is 10.7 Å². The van der Waals surface area contributed by atoms with Crippen molar-refractivity contribution in [3.8, 4) is 11.1 Å². The van der Waals surface area contributed by atoms with Crippen LogP contribution in [0.1, 0.15) is 43.1 Å². The van der Waals surface area contributed by atoms with Crippen molar-refractivity contribution in [1.82, 2.24) is 14.6 Å². The Labute approximate surface area is 190 Å². The first kappa shape index (κ1) is 23.4. The van der Waals surface area contributed by atoms with Gasteiger partial charge in [-0.3, -0.25) is 9.78 Å². The summed E-state index contributed by atoms with van der Waals surface area (Å²) in [6, 6.07) is 6.25. The maximum Gasteiger partial charge on any atom is 0.303 e. The molecule has 3 aromatic rings. The van der Waals surface area contributed by atoms with Crippen LogP contribution in [0, 0.1) is 0 Å². The molecule has 1 N–H and O–H groups in total. The fourth-order valence-electron chi connectivity index (χ4n) is 3.67. The van der Waals surface area contributed by atoms with Crippen molar-refractivity contribution >= 4 is 27.4 Å². The predicted molar refractivity (Wildman–Crippen MR) is 122 cm³/mol. The Morgan fingerprint density at radius 3 is 2.77 bits per heavy atom. The molecule has 3 rings (SSSR count). The number of carboxylic acid groups (broad SMARTS) is 1. The second-order valence-electron chi connectivity index (χ2n) is 7.31. The molecule has 0 spiro atoms. The SMILES string of the molecule is CCc1ccc2c(-c3cncc(Br)c3)c(CCCCC(=O)O)c(COCCOC)nn12. The van der Waals surface area contributed by atoms with Crippen LogP contribution in [0.4, 0.5) is 0 Å². The summed E-state index contributed by atoms with van der Waals surface area (Å²) in [7, 11) is 1.65. The summed E-state index contributed by atoms with van der Waals surface area (Å²) < 4.78 is 13.8. The highest BCUT2D eigenvalue weighted by atomic mass is 79.9. The molecule has 0 aliphatic carbocycles. The number of aryl methyl sites for hydroxylation is 1. The number of aliphatic carboxylic acids is 1. The lowest BCUT2D eigenvalue weighted by atomic mass is 9.95. The quantitative estimate of drug-likeness (QED) is 0.371. The van der Waals surface area contributed by atoms with Gasteiger partial charge in [0.25, 0.3) is 0 Å². The zero-order valence-corrected chi connectivity index (χ0v) is 19.5. The molecule has 0 aromatic carbocycles. The van der Waals surface area contributed by atoms with Crippen molar-refractivity contribution in [1.29, 1.82) is 0 Å². The monoisotopic (exact) mass is 489 g/mol. The molecule has 0 atom stereocenters. The number of hydrogen-bond acceptors (Lipinski definition) is 5. The number of carboxylic acids is 1. The van der Waals surface area contributed by atoms with Crippen molar-refractivity contribution in [3.05, 3.63) is 52.0 Å². The summed E-state index contributed by atoms with van der Waals surface area (Å²) in [6.07, 6.45) is 6.72. The molecule has 0 radical (unpaired) electrons. The van der Waals surface area contributed by atoms with Gasteiger partial charge in [0.2, 0.25) is 0 Å². The summed E-state index contributed by atoms with van der Waals surface area (Å²) in [5.74, 6) is -0.771. The minimum Gasteiger partial charge on any atom is -0.481 e. The van der Waals surface area contributed by atoms with Gasteiger partial charge in [-0.2, -0.15) is 5.10 Å². The van der Waals surface area contributed by atoms with E-state index in [1.54, 1.807) is 13.3 Å². The second-order valence-corrected chi connectivity index (χ2v) is 8.23. The van der Waals surface area contributed by atoms with E-state index in [1.165, 1.54) is 0 Å². The molecule has 7 nitrogen and oxygen atoms in total. The molecular weight excluding hydrogens is 462 g/mol. The van der Waals surface area contributed by atoms with Gasteiger partial charge in [0.05, 0.1) is 31.0 Å². The van der Waals surface area contributed by atoms with Crippen LogP contribution in [-0.4, -0.2) is 46.0 Å². The van der Waals surface area contributed by atoms with E-state index in [9.17, 15) is 4.79 Å². The number of pyridine rings is 1. The number of rotatable bonds is 12. The normalized spacial score (nSPS) is 11.3. The number of carbonyl (C=O) groups is 1. The van der Waals surface area contributed by atoms with Crippen molar-refractivity contribution in [2.75, 3.05) is 20.3 Å². The molecule has 0 aliphatic heterocycles. The van der Waals surface area contributed by atoms with E-state index in [0.29, 0.717) is 32.7 Å². The number of hydrogen-bond donors (Lipinski definition) is 1. The minimum absolute atomic E-state index is 0.161. The van der Waals surface area contributed by atoms with Crippen LogP contribution < -0.4 is 0 Å². The van der Waals surface area contributed by atoms with Gasteiger partial charge in [-0.15, -0.1) is 0 Å². The Balaban J connectivity index is 2.10. The van der Waals surface area contributed by atoms with E-state index in [-0.39, 0.29) is 6.42 Å². The largest absolute Gasteiger partial charge is 0.481 e. The van der Waals surface area contributed by atoms with Crippen LogP contribution in [0.15, 0.2) is 35.1 Å². The molecule has 3 heterocycles. The second kappa shape index (κ2) is 11.4. The lowest BCUT2D eigenvalue weighted by Gasteiger charge is -2.18. The van der Waals surface area contributed by atoms with E-state index < -0.39 is 5.97 Å². The maximum absolute atomic E-state index is 11.0. The van der Waals surface area contributed by atoms with Gasteiger partial charge in [-0.1, -0.05) is 6.92 Å². The fourth-order valence-corrected chi connectivity index (χ4v) is 4.04. The van der Waals surface area contributed by atoms with Crippen LogP contribution in [0.3, 0.4) is 0 Å². The van der Waals surface area contributed by atoms with Gasteiger partial charge in [0, 0.05) is 47.2 Å². The average molecular weight is 490 g/mol. The Morgan fingerprint density at radius 2 is 2.06 bits per heavy atom. The summed E-state index contributed by atoms with van der Waals surface area (Å²) in [5.41, 5.74) is 6.15. The van der Waals surface area contributed by atoms with Crippen molar-refractivity contribution in [2.45, 2.75) is 45.6 Å². The summed E-state index contributed by atoms with van der Waals surface area (Å²) in [5, 5.41) is 13.9. The van der Waals surface area contributed by atoms with E-state index in [2.05, 4.69) is 46.0 Å². The molecule has 166 valence electrons. The third kappa shape index (κ3) is 5.90. The van der Waals surface area contributed by atoms with Crippen LogP contribution in [-0.2, 0) is 33.7 Å². The van der Waals surface area contributed by atoms with Crippen molar-refractivity contribution in [2.24, 2.45) is 0 Å². The first-order chi connectivity index (χ1) is 15.0. The number of halogens is 1. The van der Waals surface area contributed by atoms with Gasteiger partial charge < -0.3 is 14.6 Å². The topological polar surface area (TPSA) is 86.0 Å². The van der Waals surface area contributed by atoms with Crippen LogP contribution >= 0.6 is 15.9 Å². The standard InChI is InChI=1S/C23H28BrN3O4/c1-3-18-8-9-21-23(16-12-17(24)14-25-13-16)19(6-4-5-7-22(28)29)20(26-27(18)21)15-31-11-10-30-2/h8-9,12-14H,3-7,10-11,15H2,1-2H3,(H,28,29). The van der Waals surface area contributed by atoms with Crippen molar-refractivity contribution in [3.63, 3.8) is 0 Å². The molecule has 0 fully saturated rings. The lowest BCUT2D eigenvalue weighted by molar-refractivity contribution is -0.137. The van der Waals surface area contributed by atoms with Crippen LogP contribution in [0.5, 0.6) is 0 Å². The summed E-state index contributed by atoms with van der Waals surface area (Å²) in [4.78, 5) is 15.3. The Bertz CT molecular complexity index is 1040. The predicted octanol–water partition coefficient (Wildman–Crippen LogP) is 4.68. The third-order valence-electron chi connectivity index (χ3n) is 5.15. The first-order valence-corrected chi connectivity index (χ1v) is 11.3. The molecule has 0 saturated heterocycles. The van der Waals surface area contributed by atoms with Crippen molar-refractivity contribution < 1.29 is 19.4 Å². The molecule has 31 heavy (non-hydrogen) atoms. The summed E-state index contributed by atoms with van der Waals surface area (Å²) >= 11 is 3.54. The number of ether oxygens (including phenoxy) is 2. The molecule has 8 heteroatoms. The minimum atomic E-state index is -0.771. The molecule has 0 saturated carbocycles. The lowest BCUT2D eigenvalue weighted by Crippen LogP contribution is -2.12. The zero-order chi connectivity index (χ0) is 22.2. The van der Waals surface area contributed by atoms with Gasteiger partial charge >= 0.3 is 5.97 Å². The number of fused-ring (bicyclic) bond motifs is 1. The zero-order valence-electron chi connectivity index (χ0n) is 17.9. The Hall–Kier alpha value is -2.29.